The van der Waals surface area contributed by atoms with Crippen LogP contribution in [-0.4, -0.2) is 45.2 Å². The summed E-state index contributed by atoms with van der Waals surface area (Å²) in [6, 6.07) is 5.81. The van der Waals surface area contributed by atoms with E-state index in [2.05, 4.69) is 5.32 Å². The van der Waals surface area contributed by atoms with Gasteiger partial charge in [0.05, 0.1) is 19.8 Å². The van der Waals surface area contributed by atoms with E-state index < -0.39 is 0 Å². The van der Waals surface area contributed by atoms with Crippen LogP contribution in [0.2, 0.25) is 0 Å². The van der Waals surface area contributed by atoms with Crippen LogP contribution in [-0.2, 0) is 16.1 Å². The molecular formula is C16H26N2O3. The Hall–Kier alpha value is -1.59. The SMILES string of the molecule is COCc1cc(C(C)NC(C)C(=O)N(C)C)ccc1OC. The summed E-state index contributed by atoms with van der Waals surface area (Å²) in [6.07, 6.45) is 0. The number of ether oxygens (including phenoxy) is 2. The van der Waals surface area contributed by atoms with E-state index in [0.29, 0.717) is 6.61 Å². The van der Waals surface area contributed by atoms with Crippen molar-refractivity contribution in [1.29, 1.82) is 0 Å². The fourth-order valence-corrected chi connectivity index (χ4v) is 2.27. The molecule has 0 aliphatic rings. The Labute approximate surface area is 127 Å². The molecule has 0 bridgehead atoms. The molecule has 2 atom stereocenters. The molecule has 0 aliphatic carbocycles. The van der Waals surface area contributed by atoms with Crippen LogP contribution < -0.4 is 10.1 Å². The smallest absolute Gasteiger partial charge is 0.238 e. The molecule has 1 rings (SSSR count). The number of nitrogens with zero attached hydrogens (tertiary/aromatic N) is 1. The molecule has 0 radical (unpaired) electrons. The van der Waals surface area contributed by atoms with E-state index in [9.17, 15) is 4.79 Å². The van der Waals surface area contributed by atoms with E-state index in [1.807, 2.05) is 32.0 Å². The van der Waals surface area contributed by atoms with Crippen molar-refractivity contribution < 1.29 is 14.3 Å². The zero-order valence-electron chi connectivity index (χ0n) is 13.8. The maximum absolute atomic E-state index is 11.9. The quantitative estimate of drug-likeness (QED) is 0.835. The maximum atomic E-state index is 11.9. The Morgan fingerprint density at radius 1 is 1.29 bits per heavy atom. The first-order valence-corrected chi connectivity index (χ1v) is 7.03. The molecular weight excluding hydrogens is 268 g/mol. The molecule has 0 saturated carbocycles. The van der Waals surface area contributed by atoms with Crippen LogP contribution in [0.25, 0.3) is 0 Å². The minimum Gasteiger partial charge on any atom is -0.496 e. The normalized spacial score (nSPS) is 13.6. The van der Waals surface area contributed by atoms with E-state index in [1.165, 1.54) is 0 Å². The second kappa shape index (κ2) is 8.00. The molecule has 0 aromatic heterocycles. The monoisotopic (exact) mass is 294 g/mol. The van der Waals surface area contributed by atoms with Gasteiger partial charge < -0.3 is 14.4 Å². The van der Waals surface area contributed by atoms with Crippen molar-refractivity contribution in [2.45, 2.75) is 32.5 Å². The van der Waals surface area contributed by atoms with Gasteiger partial charge >= 0.3 is 0 Å². The molecule has 21 heavy (non-hydrogen) atoms. The van der Waals surface area contributed by atoms with Crippen LogP contribution in [0.1, 0.15) is 31.0 Å². The van der Waals surface area contributed by atoms with Crippen LogP contribution >= 0.6 is 0 Å². The third-order valence-corrected chi connectivity index (χ3v) is 3.42. The van der Waals surface area contributed by atoms with Crippen molar-refractivity contribution >= 4 is 5.91 Å². The van der Waals surface area contributed by atoms with E-state index >= 15 is 0 Å². The number of benzene rings is 1. The van der Waals surface area contributed by atoms with E-state index in [4.69, 9.17) is 9.47 Å². The largest absolute Gasteiger partial charge is 0.496 e. The van der Waals surface area contributed by atoms with Gasteiger partial charge in [0, 0.05) is 32.8 Å². The Morgan fingerprint density at radius 2 is 1.95 bits per heavy atom. The van der Waals surface area contributed by atoms with Crippen LogP contribution in [0.5, 0.6) is 5.75 Å². The fraction of sp³-hybridized carbons (Fsp3) is 0.562. The number of hydrogen-bond acceptors (Lipinski definition) is 4. The maximum Gasteiger partial charge on any atom is 0.238 e. The minimum atomic E-state index is -0.233. The summed E-state index contributed by atoms with van der Waals surface area (Å²) in [5, 5.41) is 3.31. The highest BCUT2D eigenvalue weighted by molar-refractivity contribution is 5.80. The summed E-state index contributed by atoms with van der Waals surface area (Å²) in [6.45, 7) is 4.41. The number of likely N-dealkylation sites (N-methyl/N-ethyl adjacent to an activating group) is 1. The molecule has 0 saturated heterocycles. The predicted octanol–water partition coefficient (Wildman–Crippen LogP) is 1.97. The Morgan fingerprint density at radius 3 is 2.48 bits per heavy atom. The summed E-state index contributed by atoms with van der Waals surface area (Å²) in [7, 11) is 6.82. The Kier molecular flexibility index (Phi) is 6.65. The van der Waals surface area contributed by atoms with Crippen LogP contribution in [0.15, 0.2) is 18.2 Å². The lowest BCUT2D eigenvalue weighted by Gasteiger charge is -2.23. The number of carbonyl (C=O) groups is 1. The van der Waals surface area contributed by atoms with Crippen molar-refractivity contribution in [1.82, 2.24) is 10.2 Å². The summed E-state index contributed by atoms with van der Waals surface area (Å²) in [4.78, 5) is 13.5. The van der Waals surface area contributed by atoms with Crippen LogP contribution in [0, 0.1) is 0 Å². The van der Waals surface area contributed by atoms with E-state index in [-0.39, 0.29) is 18.0 Å². The third-order valence-electron chi connectivity index (χ3n) is 3.42. The van der Waals surface area contributed by atoms with Gasteiger partial charge in [0.1, 0.15) is 5.75 Å². The third kappa shape index (κ3) is 4.72. The van der Waals surface area contributed by atoms with Gasteiger partial charge in [-0.2, -0.15) is 0 Å². The molecule has 0 fully saturated rings. The number of methoxy groups -OCH3 is 2. The molecule has 2 unspecified atom stereocenters. The first kappa shape index (κ1) is 17.5. The molecule has 1 N–H and O–H groups in total. The second-order valence-corrected chi connectivity index (χ2v) is 5.35. The number of amides is 1. The van der Waals surface area contributed by atoms with Gasteiger partial charge in [0.25, 0.3) is 0 Å². The van der Waals surface area contributed by atoms with E-state index in [0.717, 1.165) is 16.9 Å². The van der Waals surface area contributed by atoms with Crippen molar-refractivity contribution in [3.63, 3.8) is 0 Å². The zero-order valence-corrected chi connectivity index (χ0v) is 13.8. The van der Waals surface area contributed by atoms with E-state index in [1.54, 1.807) is 33.2 Å². The average molecular weight is 294 g/mol. The molecule has 1 amide bonds. The molecule has 1 aromatic rings. The summed E-state index contributed by atoms with van der Waals surface area (Å²) in [5.41, 5.74) is 2.10. The summed E-state index contributed by atoms with van der Waals surface area (Å²) in [5.74, 6) is 0.873. The van der Waals surface area contributed by atoms with Gasteiger partial charge in [-0.25, -0.2) is 0 Å². The van der Waals surface area contributed by atoms with Gasteiger partial charge in [-0.1, -0.05) is 6.07 Å². The molecule has 0 heterocycles. The lowest BCUT2D eigenvalue weighted by atomic mass is 10.0. The van der Waals surface area contributed by atoms with Gasteiger partial charge in [0.2, 0.25) is 5.91 Å². The van der Waals surface area contributed by atoms with Gasteiger partial charge in [-0.3, -0.25) is 10.1 Å². The first-order chi connectivity index (χ1) is 9.90. The predicted molar refractivity (Wildman–Crippen MR) is 83.4 cm³/mol. The average Bonchev–Trinajstić information content (AvgIpc) is 2.46. The standard InChI is InChI=1S/C16H26N2O3/c1-11(17-12(2)16(19)18(3)4)13-7-8-15(21-6)14(9-13)10-20-5/h7-9,11-12,17H,10H2,1-6H3. The fourth-order valence-electron chi connectivity index (χ4n) is 2.27. The topological polar surface area (TPSA) is 50.8 Å². The highest BCUT2D eigenvalue weighted by Crippen LogP contribution is 2.24. The summed E-state index contributed by atoms with van der Waals surface area (Å²) < 4.78 is 10.5. The number of hydrogen-bond donors (Lipinski definition) is 1. The van der Waals surface area contributed by atoms with Gasteiger partial charge in [-0.05, 0) is 31.5 Å². The van der Waals surface area contributed by atoms with Gasteiger partial charge in [0.15, 0.2) is 0 Å². The number of nitrogens with one attached hydrogen (secondary N) is 1. The lowest BCUT2D eigenvalue weighted by molar-refractivity contribution is -0.130. The zero-order chi connectivity index (χ0) is 16.0. The van der Waals surface area contributed by atoms with Crippen molar-refractivity contribution in [2.75, 3.05) is 28.3 Å². The van der Waals surface area contributed by atoms with Crippen molar-refractivity contribution in [3.05, 3.63) is 29.3 Å². The lowest BCUT2D eigenvalue weighted by Crippen LogP contribution is -2.42. The Balaban J connectivity index is 2.85. The highest BCUT2D eigenvalue weighted by atomic mass is 16.5. The van der Waals surface area contributed by atoms with Crippen LogP contribution in [0.3, 0.4) is 0 Å². The summed E-state index contributed by atoms with van der Waals surface area (Å²) >= 11 is 0. The molecule has 5 nitrogen and oxygen atoms in total. The van der Waals surface area contributed by atoms with Crippen LogP contribution in [0.4, 0.5) is 0 Å². The molecule has 0 spiro atoms. The molecule has 0 aliphatic heterocycles. The number of rotatable bonds is 7. The second-order valence-electron chi connectivity index (χ2n) is 5.35. The van der Waals surface area contributed by atoms with Gasteiger partial charge in [-0.15, -0.1) is 0 Å². The molecule has 118 valence electrons. The molecule has 5 heteroatoms. The van der Waals surface area contributed by atoms with Crippen molar-refractivity contribution in [2.24, 2.45) is 0 Å². The highest BCUT2D eigenvalue weighted by Gasteiger charge is 2.18. The minimum absolute atomic E-state index is 0.0606. The Bertz CT molecular complexity index is 475. The molecule has 1 aromatic carbocycles. The first-order valence-electron chi connectivity index (χ1n) is 7.03. The van der Waals surface area contributed by atoms with Crippen molar-refractivity contribution in [3.8, 4) is 5.75 Å². The number of carbonyl (C=O) groups excluding carboxylic acids is 1.